The van der Waals surface area contributed by atoms with Gasteiger partial charge in [-0.3, -0.25) is 4.79 Å². The molecule has 1 amide bonds. The van der Waals surface area contributed by atoms with E-state index in [1.807, 2.05) is 0 Å². The second-order valence-corrected chi connectivity index (χ2v) is 4.57. The summed E-state index contributed by atoms with van der Waals surface area (Å²) in [6, 6.07) is 3.21. The largest absolute Gasteiger partial charge is 0.504 e. The van der Waals surface area contributed by atoms with Crippen molar-refractivity contribution < 1.29 is 24.9 Å². The molecular weight excluding hydrogens is 250 g/mol. The number of aliphatic carboxylic acids is 1. The lowest BCUT2D eigenvalue weighted by Crippen LogP contribution is -2.43. The number of aromatic hydroxyl groups is 2. The minimum absolute atomic E-state index is 0.106. The summed E-state index contributed by atoms with van der Waals surface area (Å²) in [7, 11) is 0. The number of carbonyl (C=O) groups excluding carboxylic acids is 1. The highest BCUT2D eigenvalue weighted by molar-refractivity contribution is 5.85. The number of benzene rings is 1. The summed E-state index contributed by atoms with van der Waals surface area (Å²) >= 11 is 0. The molecule has 0 saturated carbocycles. The number of carbonyl (C=O) groups is 2. The molecule has 2 rings (SSSR count). The lowest BCUT2D eigenvalue weighted by atomic mass is 10.0. The van der Waals surface area contributed by atoms with Gasteiger partial charge < -0.3 is 20.2 Å². The van der Waals surface area contributed by atoms with E-state index in [-0.39, 0.29) is 23.8 Å². The normalized spacial score (nSPS) is 16.6. The van der Waals surface area contributed by atoms with Gasteiger partial charge in [0.1, 0.15) is 6.04 Å². The molecule has 102 valence electrons. The SMILES string of the molecule is O=C(O)C(Cc1ccc(O)c(O)c1)N1CCCC1=O. The van der Waals surface area contributed by atoms with Crippen molar-refractivity contribution in [1.29, 1.82) is 0 Å². The topological polar surface area (TPSA) is 98.1 Å². The maximum absolute atomic E-state index is 11.6. The molecule has 3 N–H and O–H groups in total. The van der Waals surface area contributed by atoms with Crippen molar-refractivity contribution in [2.24, 2.45) is 0 Å². The second-order valence-electron chi connectivity index (χ2n) is 4.57. The number of hydrogen-bond acceptors (Lipinski definition) is 4. The quantitative estimate of drug-likeness (QED) is 0.697. The molecule has 6 nitrogen and oxygen atoms in total. The van der Waals surface area contributed by atoms with E-state index in [2.05, 4.69) is 0 Å². The molecule has 1 fully saturated rings. The van der Waals surface area contributed by atoms with Crippen LogP contribution in [0.1, 0.15) is 18.4 Å². The van der Waals surface area contributed by atoms with Gasteiger partial charge in [0.25, 0.3) is 0 Å². The standard InChI is InChI=1S/C13H15NO5/c15-10-4-3-8(7-11(10)16)6-9(13(18)19)14-5-1-2-12(14)17/h3-4,7,9,15-16H,1-2,5-6H2,(H,18,19). The molecule has 0 spiro atoms. The zero-order valence-corrected chi connectivity index (χ0v) is 10.2. The van der Waals surface area contributed by atoms with E-state index in [0.29, 0.717) is 24.9 Å². The number of phenolic OH excluding ortho intramolecular Hbond substituents is 2. The highest BCUT2D eigenvalue weighted by atomic mass is 16.4. The lowest BCUT2D eigenvalue weighted by Gasteiger charge is -2.24. The van der Waals surface area contributed by atoms with Crippen molar-refractivity contribution in [3.05, 3.63) is 23.8 Å². The van der Waals surface area contributed by atoms with Crippen LogP contribution in [0.25, 0.3) is 0 Å². The van der Waals surface area contributed by atoms with Crippen LogP contribution in [-0.4, -0.2) is 44.7 Å². The first-order valence-electron chi connectivity index (χ1n) is 6.02. The Morgan fingerprint density at radius 1 is 1.32 bits per heavy atom. The third-order valence-corrected chi connectivity index (χ3v) is 3.24. The summed E-state index contributed by atoms with van der Waals surface area (Å²) in [6.07, 6.45) is 1.16. The minimum atomic E-state index is -1.07. The fourth-order valence-electron chi connectivity index (χ4n) is 2.25. The Labute approximate surface area is 109 Å². The van der Waals surface area contributed by atoms with Crippen molar-refractivity contribution in [2.45, 2.75) is 25.3 Å². The van der Waals surface area contributed by atoms with Crippen LogP contribution in [0, 0.1) is 0 Å². The number of carboxylic acid groups (broad SMARTS) is 1. The maximum Gasteiger partial charge on any atom is 0.326 e. The molecule has 1 saturated heterocycles. The summed E-state index contributed by atoms with van der Waals surface area (Å²) in [5.41, 5.74) is 0.558. The fraction of sp³-hybridized carbons (Fsp3) is 0.385. The highest BCUT2D eigenvalue weighted by Crippen LogP contribution is 2.26. The molecule has 1 unspecified atom stereocenters. The molecule has 1 aromatic carbocycles. The summed E-state index contributed by atoms with van der Waals surface area (Å²) in [6.45, 7) is 0.444. The number of likely N-dealkylation sites (tertiary alicyclic amines) is 1. The Morgan fingerprint density at radius 2 is 2.05 bits per heavy atom. The van der Waals surface area contributed by atoms with Crippen LogP contribution in [0.3, 0.4) is 0 Å². The predicted molar refractivity (Wildman–Crippen MR) is 65.8 cm³/mol. The summed E-state index contributed by atoms with van der Waals surface area (Å²) in [4.78, 5) is 24.2. The molecular formula is C13H15NO5. The smallest absolute Gasteiger partial charge is 0.326 e. The Balaban J connectivity index is 2.18. The van der Waals surface area contributed by atoms with Gasteiger partial charge in [-0.05, 0) is 24.1 Å². The van der Waals surface area contributed by atoms with E-state index < -0.39 is 12.0 Å². The third kappa shape index (κ3) is 2.78. The Kier molecular flexibility index (Phi) is 3.59. The van der Waals surface area contributed by atoms with E-state index in [1.54, 1.807) is 0 Å². The minimum Gasteiger partial charge on any atom is -0.504 e. The van der Waals surface area contributed by atoms with Crippen LogP contribution >= 0.6 is 0 Å². The van der Waals surface area contributed by atoms with Gasteiger partial charge in [-0.1, -0.05) is 6.07 Å². The molecule has 1 atom stereocenters. The molecule has 1 aliphatic heterocycles. The van der Waals surface area contributed by atoms with E-state index in [4.69, 9.17) is 0 Å². The van der Waals surface area contributed by atoms with Crippen molar-refractivity contribution in [2.75, 3.05) is 6.54 Å². The zero-order valence-electron chi connectivity index (χ0n) is 10.2. The molecule has 1 aliphatic rings. The Morgan fingerprint density at radius 3 is 2.58 bits per heavy atom. The van der Waals surface area contributed by atoms with Crippen LogP contribution in [0.4, 0.5) is 0 Å². The van der Waals surface area contributed by atoms with Gasteiger partial charge in [-0.25, -0.2) is 4.79 Å². The van der Waals surface area contributed by atoms with Crippen molar-refractivity contribution in [3.63, 3.8) is 0 Å². The first-order chi connectivity index (χ1) is 8.99. The molecule has 1 heterocycles. The van der Waals surface area contributed by atoms with Crippen molar-refractivity contribution in [3.8, 4) is 11.5 Å². The Hall–Kier alpha value is -2.24. The molecule has 1 aromatic rings. The fourth-order valence-corrected chi connectivity index (χ4v) is 2.25. The van der Waals surface area contributed by atoms with E-state index in [1.165, 1.54) is 23.1 Å². The monoisotopic (exact) mass is 265 g/mol. The van der Waals surface area contributed by atoms with Gasteiger partial charge in [0, 0.05) is 19.4 Å². The first-order valence-corrected chi connectivity index (χ1v) is 6.02. The summed E-state index contributed by atoms with van der Waals surface area (Å²) in [5.74, 6) is -1.78. The highest BCUT2D eigenvalue weighted by Gasteiger charge is 2.32. The second kappa shape index (κ2) is 5.17. The molecule has 19 heavy (non-hydrogen) atoms. The summed E-state index contributed by atoms with van der Waals surface area (Å²) in [5, 5.41) is 27.8. The lowest BCUT2D eigenvalue weighted by molar-refractivity contribution is -0.148. The number of carboxylic acids is 1. The van der Waals surface area contributed by atoms with Gasteiger partial charge in [-0.15, -0.1) is 0 Å². The average molecular weight is 265 g/mol. The average Bonchev–Trinajstić information content (AvgIpc) is 2.76. The van der Waals surface area contributed by atoms with Gasteiger partial charge in [0.05, 0.1) is 0 Å². The van der Waals surface area contributed by atoms with E-state index >= 15 is 0 Å². The van der Waals surface area contributed by atoms with Gasteiger partial charge in [-0.2, -0.15) is 0 Å². The number of amides is 1. The van der Waals surface area contributed by atoms with Crippen LogP contribution in [0.15, 0.2) is 18.2 Å². The van der Waals surface area contributed by atoms with Crippen LogP contribution in [0.5, 0.6) is 11.5 Å². The molecule has 0 bridgehead atoms. The first kappa shape index (κ1) is 13.2. The zero-order chi connectivity index (χ0) is 14.0. The van der Waals surface area contributed by atoms with Crippen LogP contribution in [-0.2, 0) is 16.0 Å². The number of rotatable bonds is 4. The molecule has 0 radical (unpaired) electrons. The van der Waals surface area contributed by atoms with Gasteiger partial charge in [0.2, 0.25) is 5.91 Å². The number of hydrogen-bond donors (Lipinski definition) is 3. The van der Waals surface area contributed by atoms with Gasteiger partial charge in [0.15, 0.2) is 11.5 Å². The van der Waals surface area contributed by atoms with Crippen molar-refractivity contribution >= 4 is 11.9 Å². The molecule has 0 aromatic heterocycles. The van der Waals surface area contributed by atoms with Gasteiger partial charge >= 0.3 is 5.97 Å². The van der Waals surface area contributed by atoms with Crippen molar-refractivity contribution in [1.82, 2.24) is 4.90 Å². The molecule has 0 aliphatic carbocycles. The maximum atomic E-state index is 11.6. The van der Waals surface area contributed by atoms with E-state index in [0.717, 1.165) is 0 Å². The van der Waals surface area contributed by atoms with Crippen LogP contribution < -0.4 is 0 Å². The number of phenols is 2. The van der Waals surface area contributed by atoms with E-state index in [9.17, 15) is 24.9 Å². The predicted octanol–water partition coefficient (Wildman–Crippen LogP) is 0.716. The Bertz CT molecular complexity index is 514. The number of nitrogens with zero attached hydrogens (tertiary/aromatic N) is 1. The molecule has 6 heteroatoms. The van der Waals surface area contributed by atoms with Crippen LogP contribution in [0.2, 0.25) is 0 Å². The third-order valence-electron chi connectivity index (χ3n) is 3.24. The summed E-state index contributed by atoms with van der Waals surface area (Å²) < 4.78 is 0.